The smallest absolute Gasteiger partial charge is 0.120 e. The Kier molecular flexibility index (Phi) is 4.83. The fraction of sp³-hybridized carbons (Fsp3) is 0.625. The Morgan fingerprint density at radius 3 is 2.79 bits per heavy atom. The third kappa shape index (κ3) is 3.10. The van der Waals surface area contributed by atoms with Crippen molar-refractivity contribution in [3.63, 3.8) is 0 Å². The van der Waals surface area contributed by atoms with Crippen LogP contribution in [-0.2, 0) is 0 Å². The lowest BCUT2D eigenvalue weighted by Gasteiger charge is -2.43. The molecule has 3 atom stereocenters. The number of hydrogen-bond donors (Lipinski definition) is 2. The highest BCUT2D eigenvalue weighted by molar-refractivity contribution is 5.34. The van der Waals surface area contributed by atoms with E-state index in [0.29, 0.717) is 18.3 Å². The molecule has 3 nitrogen and oxygen atoms in total. The molecule has 1 aliphatic heterocycles. The topological polar surface area (TPSA) is 49.5 Å². The van der Waals surface area contributed by atoms with Crippen LogP contribution >= 0.6 is 0 Å². The van der Waals surface area contributed by atoms with Crippen molar-refractivity contribution >= 4 is 0 Å². The third-order valence-corrected chi connectivity index (χ3v) is 4.38. The van der Waals surface area contributed by atoms with E-state index in [-0.39, 0.29) is 6.04 Å². The van der Waals surface area contributed by atoms with E-state index in [0.717, 1.165) is 24.4 Å². The zero-order chi connectivity index (χ0) is 13.8. The SMILES string of the molecule is CCC(c1ccccc1O)N1CCC(C)CC1CN. The summed E-state index contributed by atoms with van der Waals surface area (Å²) in [4.78, 5) is 2.50. The number of nitrogens with zero attached hydrogens (tertiary/aromatic N) is 1. The summed E-state index contributed by atoms with van der Waals surface area (Å²) in [7, 11) is 0. The van der Waals surface area contributed by atoms with E-state index in [1.807, 2.05) is 18.2 Å². The van der Waals surface area contributed by atoms with E-state index in [1.54, 1.807) is 6.07 Å². The number of phenolic OH excluding ortho intramolecular Hbond substituents is 1. The Bertz CT molecular complexity index is 407. The summed E-state index contributed by atoms with van der Waals surface area (Å²) < 4.78 is 0. The first-order valence-corrected chi connectivity index (χ1v) is 7.41. The molecule has 0 aliphatic carbocycles. The maximum absolute atomic E-state index is 10.1. The largest absolute Gasteiger partial charge is 0.508 e. The van der Waals surface area contributed by atoms with Crippen LogP contribution in [0.25, 0.3) is 0 Å². The molecular formula is C16H26N2O. The number of aromatic hydroxyl groups is 1. The van der Waals surface area contributed by atoms with Crippen molar-refractivity contribution in [2.24, 2.45) is 11.7 Å². The first-order valence-electron chi connectivity index (χ1n) is 7.41. The first kappa shape index (κ1) is 14.4. The van der Waals surface area contributed by atoms with Gasteiger partial charge in [-0.05, 0) is 37.8 Å². The Morgan fingerprint density at radius 1 is 1.42 bits per heavy atom. The molecule has 1 saturated heterocycles. The molecule has 0 saturated carbocycles. The van der Waals surface area contributed by atoms with Crippen LogP contribution in [0.2, 0.25) is 0 Å². The second-order valence-electron chi connectivity index (χ2n) is 5.74. The number of rotatable bonds is 4. The Balaban J connectivity index is 2.23. The number of nitrogens with two attached hydrogens (primary N) is 1. The van der Waals surface area contributed by atoms with Gasteiger partial charge in [-0.2, -0.15) is 0 Å². The maximum Gasteiger partial charge on any atom is 0.120 e. The van der Waals surface area contributed by atoms with E-state index in [9.17, 15) is 5.11 Å². The van der Waals surface area contributed by atoms with Crippen molar-refractivity contribution in [3.05, 3.63) is 29.8 Å². The van der Waals surface area contributed by atoms with Gasteiger partial charge in [0.2, 0.25) is 0 Å². The Labute approximate surface area is 116 Å². The molecule has 3 unspecified atom stereocenters. The van der Waals surface area contributed by atoms with E-state index in [4.69, 9.17) is 5.73 Å². The third-order valence-electron chi connectivity index (χ3n) is 4.38. The van der Waals surface area contributed by atoms with Gasteiger partial charge < -0.3 is 10.8 Å². The van der Waals surface area contributed by atoms with Gasteiger partial charge in [-0.15, -0.1) is 0 Å². The van der Waals surface area contributed by atoms with Crippen molar-refractivity contribution in [1.82, 2.24) is 4.90 Å². The molecule has 1 heterocycles. The highest BCUT2D eigenvalue weighted by Crippen LogP contribution is 2.36. The summed E-state index contributed by atoms with van der Waals surface area (Å²) in [6.07, 6.45) is 3.39. The van der Waals surface area contributed by atoms with Crippen molar-refractivity contribution in [3.8, 4) is 5.75 Å². The molecule has 2 rings (SSSR count). The summed E-state index contributed by atoms with van der Waals surface area (Å²) >= 11 is 0. The monoisotopic (exact) mass is 262 g/mol. The fourth-order valence-electron chi connectivity index (χ4n) is 3.31. The Hall–Kier alpha value is -1.06. The molecule has 3 N–H and O–H groups in total. The van der Waals surface area contributed by atoms with Gasteiger partial charge in [0.05, 0.1) is 0 Å². The summed E-state index contributed by atoms with van der Waals surface area (Å²) in [6, 6.07) is 8.42. The molecular weight excluding hydrogens is 236 g/mol. The van der Waals surface area contributed by atoms with Gasteiger partial charge in [0.25, 0.3) is 0 Å². The van der Waals surface area contributed by atoms with Crippen molar-refractivity contribution in [2.45, 2.75) is 45.2 Å². The second-order valence-corrected chi connectivity index (χ2v) is 5.74. The molecule has 3 heteroatoms. The minimum absolute atomic E-state index is 0.280. The van der Waals surface area contributed by atoms with Crippen LogP contribution < -0.4 is 5.73 Å². The van der Waals surface area contributed by atoms with Gasteiger partial charge in [-0.3, -0.25) is 4.90 Å². The molecule has 0 amide bonds. The van der Waals surface area contributed by atoms with E-state index < -0.39 is 0 Å². The van der Waals surface area contributed by atoms with Gasteiger partial charge in [-0.25, -0.2) is 0 Å². The van der Waals surface area contributed by atoms with Gasteiger partial charge in [0.1, 0.15) is 5.75 Å². The van der Waals surface area contributed by atoms with Crippen LogP contribution in [-0.4, -0.2) is 29.1 Å². The highest BCUT2D eigenvalue weighted by atomic mass is 16.3. The van der Waals surface area contributed by atoms with Crippen molar-refractivity contribution in [1.29, 1.82) is 0 Å². The second kappa shape index (κ2) is 6.40. The summed E-state index contributed by atoms with van der Waals surface area (Å²) in [5.41, 5.74) is 7.00. The molecule has 1 aromatic carbocycles. The molecule has 0 spiro atoms. The molecule has 0 aromatic heterocycles. The van der Waals surface area contributed by atoms with Gasteiger partial charge >= 0.3 is 0 Å². The summed E-state index contributed by atoms with van der Waals surface area (Å²) in [6.45, 7) is 6.27. The Morgan fingerprint density at radius 2 is 2.16 bits per heavy atom. The number of phenols is 1. The normalized spacial score (nSPS) is 26.3. The predicted octanol–water partition coefficient (Wildman–Crippen LogP) is 2.90. The fourth-order valence-corrected chi connectivity index (χ4v) is 3.31. The van der Waals surface area contributed by atoms with Crippen molar-refractivity contribution < 1.29 is 5.11 Å². The number of piperidine rings is 1. The highest BCUT2D eigenvalue weighted by Gasteiger charge is 2.31. The number of hydrogen-bond acceptors (Lipinski definition) is 3. The predicted molar refractivity (Wildman–Crippen MR) is 79.1 cm³/mol. The average molecular weight is 262 g/mol. The molecule has 0 bridgehead atoms. The van der Waals surface area contributed by atoms with E-state index in [2.05, 4.69) is 18.7 Å². The molecule has 1 aromatic rings. The van der Waals surface area contributed by atoms with Crippen LogP contribution in [0.1, 0.15) is 44.7 Å². The number of benzene rings is 1. The van der Waals surface area contributed by atoms with E-state index >= 15 is 0 Å². The summed E-state index contributed by atoms with van der Waals surface area (Å²) in [5, 5.41) is 10.1. The van der Waals surface area contributed by atoms with Crippen LogP contribution in [0, 0.1) is 5.92 Å². The molecule has 106 valence electrons. The lowest BCUT2D eigenvalue weighted by atomic mass is 9.89. The average Bonchev–Trinajstić information content (AvgIpc) is 2.43. The van der Waals surface area contributed by atoms with Gasteiger partial charge in [0, 0.05) is 24.2 Å². The molecule has 0 radical (unpaired) electrons. The minimum Gasteiger partial charge on any atom is -0.508 e. The lowest BCUT2D eigenvalue weighted by Crippen LogP contribution is -2.47. The number of para-hydroxylation sites is 1. The molecule has 1 fully saturated rings. The quantitative estimate of drug-likeness (QED) is 0.877. The first-order chi connectivity index (χ1) is 9.17. The number of likely N-dealkylation sites (tertiary alicyclic amines) is 1. The molecule has 19 heavy (non-hydrogen) atoms. The zero-order valence-corrected chi connectivity index (χ0v) is 12.0. The summed E-state index contributed by atoms with van der Waals surface area (Å²) in [5.74, 6) is 1.16. The van der Waals surface area contributed by atoms with Crippen LogP contribution in [0.3, 0.4) is 0 Å². The standard InChI is InChI=1S/C16H26N2O/c1-3-15(14-6-4-5-7-16(14)19)18-9-8-12(2)10-13(18)11-17/h4-7,12-13,15,19H,3,8-11,17H2,1-2H3. The lowest BCUT2D eigenvalue weighted by molar-refractivity contribution is 0.0722. The van der Waals surface area contributed by atoms with E-state index in [1.165, 1.54) is 12.8 Å². The van der Waals surface area contributed by atoms with Gasteiger partial charge in [-0.1, -0.05) is 32.0 Å². The molecule has 1 aliphatic rings. The van der Waals surface area contributed by atoms with Crippen LogP contribution in [0.15, 0.2) is 24.3 Å². The zero-order valence-electron chi connectivity index (χ0n) is 12.0. The van der Waals surface area contributed by atoms with Crippen LogP contribution in [0.4, 0.5) is 0 Å². The maximum atomic E-state index is 10.1. The van der Waals surface area contributed by atoms with Crippen molar-refractivity contribution in [2.75, 3.05) is 13.1 Å². The minimum atomic E-state index is 0.280. The van der Waals surface area contributed by atoms with Crippen LogP contribution in [0.5, 0.6) is 5.75 Å². The van der Waals surface area contributed by atoms with Gasteiger partial charge in [0.15, 0.2) is 0 Å².